The lowest BCUT2D eigenvalue weighted by atomic mass is 9.87. The van der Waals surface area contributed by atoms with Gasteiger partial charge < -0.3 is 10.2 Å². The summed E-state index contributed by atoms with van der Waals surface area (Å²) in [4.78, 5) is 14.5. The van der Waals surface area contributed by atoms with E-state index in [4.69, 9.17) is 0 Å². The van der Waals surface area contributed by atoms with Crippen LogP contribution in [0.25, 0.3) is 0 Å². The fourth-order valence-electron chi connectivity index (χ4n) is 4.30. The Morgan fingerprint density at radius 3 is 2.52 bits per heavy atom. The first-order valence-electron chi connectivity index (χ1n) is 9.22. The van der Waals surface area contributed by atoms with Gasteiger partial charge in [0.25, 0.3) is 0 Å². The third-order valence-corrected chi connectivity index (χ3v) is 5.76. The molecule has 0 spiro atoms. The first kappa shape index (κ1) is 16.2. The predicted molar refractivity (Wildman–Crippen MR) is 97.5 cm³/mol. The molecule has 2 aromatic rings. The van der Waals surface area contributed by atoms with Gasteiger partial charge in [-0.2, -0.15) is 5.10 Å². The molecule has 1 aromatic heterocycles. The van der Waals surface area contributed by atoms with Crippen molar-refractivity contribution in [3.63, 3.8) is 0 Å². The Balaban J connectivity index is 1.27. The molecule has 0 unspecified atom stereocenters. The number of nitrogens with one attached hydrogen (secondary N) is 2. The van der Waals surface area contributed by atoms with Crippen molar-refractivity contribution < 1.29 is 4.79 Å². The van der Waals surface area contributed by atoms with Gasteiger partial charge in [-0.1, -0.05) is 31.2 Å². The predicted octanol–water partition coefficient (Wildman–Crippen LogP) is 3.10. The number of aromatic nitrogens is 2. The Labute approximate surface area is 148 Å². The van der Waals surface area contributed by atoms with Crippen LogP contribution in [0.3, 0.4) is 0 Å². The monoisotopic (exact) mass is 338 g/mol. The Bertz CT molecular complexity index is 707. The van der Waals surface area contributed by atoms with Gasteiger partial charge in [0.05, 0.1) is 0 Å². The van der Waals surface area contributed by atoms with E-state index >= 15 is 0 Å². The molecule has 1 fully saturated rings. The van der Waals surface area contributed by atoms with E-state index in [1.165, 1.54) is 16.8 Å². The van der Waals surface area contributed by atoms with Crippen molar-refractivity contribution in [3.05, 3.63) is 53.3 Å². The van der Waals surface area contributed by atoms with Gasteiger partial charge in [0.15, 0.2) is 0 Å². The minimum absolute atomic E-state index is 0.0836. The summed E-state index contributed by atoms with van der Waals surface area (Å²) in [7, 11) is 0. The zero-order chi connectivity index (χ0) is 17.3. The molecule has 2 heterocycles. The van der Waals surface area contributed by atoms with E-state index in [-0.39, 0.29) is 11.4 Å². The van der Waals surface area contributed by atoms with Crippen LogP contribution < -0.4 is 5.32 Å². The quantitative estimate of drug-likeness (QED) is 0.903. The molecule has 0 atom stereocenters. The highest BCUT2D eigenvalue weighted by atomic mass is 16.2. The molecule has 1 aliphatic heterocycles. The maximum atomic E-state index is 12.6. The second-order valence-corrected chi connectivity index (χ2v) is 7.86. The van der Waals surface area contributed by atoms with Gasteiger partial charge in [0, 0.05) is 37.4 Å². The summed E-state index contributed by atoms with van der Waals surface area (Å²) in [6.45, 7) is 4.64. The van der Waals surface area contributed by atoms with E-state index in [1.54, 1.807) is 6.20 Å². The SMILES string of the molecule is CC1(CNC(=O)N2CCC(c3ccn[nH]3)CC2)Cc2ccccc2C1. The molecule has 2 amide bonds. The number of carbonyl (C=O) groups is 1. The molecule has 1 aromatic carbocycles. The van der Waals surface area contributed by atoms with Crippen molar-refractivity contribution in [1.29, 1.82) is 0 Å². The average Bonchev–Trinajstić information content (AvgIpc) is 3.27. The third-order valence-electron chi connectivity index (χ3n) is 5.76. The fourth-order valence-corrected chi connectivity index (χ4v) is 4.30. The van der Waals surface area contributed by atoms with E-state index in [9.17, 15) is 4.79 Å². The number of likely N-dealkylation sites (tertiary alicyclic amines) is 1. The highest BCUT2D eigenvalue weighted by molar-refractivity contribution is 5.74. The smallest absolute Gasteiger partial charge is 0.317 e. The van der Waals surface area contributed by atoms with Crippen molar-refractivity contribution in [2.24, 2.45) is 5.41 Å². The van der Waals surface area contributed by atoms with Crippen molar-refractivity contribution >= 4 is 6.03 Å². The van der Waals surface area contributed by atoms with Crippen LogP contribution in [0.4, 0.5) is 4.79 Å². The number of rotatable bonds is 3. The normalized spacial score (nSPS) is 19.6. The number of hydrogen-bond acceptors (Lipinski definition) is 2. The standard InChI is InChI=1S/C20H26N4O/c1-20(12-16-4-2-3-5-17(16)13-20)14-21-19(25)24-10-7-15(8-11-24)18-6-9-22-23-18/h2-6,9,15H,7-8,10-14H2,1H3,(H,21,25)(H,22,23). The van der Waals surface area contributed by atoms with Crippen LogP contribution in [-0.2, 0) is 12.8 Å². The molecule has 25 heavy (non-hydrogen) atoms. The number of carbonyl (C=O) groups excluding carboxylic acids is 1. The van der Waals surface area contributed by atoms with Crippen LogP contribution in [0.1, 0.15) is 42.5 Å². The van der Waals surface area contributed by atoms with E-state index in [0.717, 1.165) is 45.3 Å². The Kier molecular flexibility index (Phi) is 4.24. The van der Waals surface area contributed by atoms with Gasteiger partial charge >= 0.3 is 6.03 Å². The summed E-state index contributed by atoms with van der Waals surface area (Å²) in [5, 5.41) is 10.3. The maximum Gasteiger partial charge on any atom is 0.317 e. The molecular formula is C20H26N4O. The van der Waals surface area contributed by atoms with Gasteiger partial charge in [-0.3, -0.25) is 5.10 Å². The van der Waals surface area contributed by atoms with Gasteiger partial charge in [-0.25, -0.2) is 4.79 Å². The number of fused-ring (bicyclic) bond motifs is 1. The molecule has 2 N–H and O–H groups in total. The molecule has 5 nitrogen and oxygen atoms in total. The number of piperidine rings is 1. The van der Waals surface area contributed by atoms with Crippen molar-refractivity contribution in [3.8, 4) is 0 Å². The van der Waals surface area contributed by atoms with Crippen LogP contribution in [0.2, 0.25) is 0 Å². The van der Waals surface area contributed by atoms with Gasteiger partial charge in [-0.15, -0.1) is 0 Å². The van der Waals surface area contributed by atoms with Crippen LogP contribution in [0.5, 0.6) is 0 Å². The topological polar surface area (TPSA) is 61.0 Å². The number of amides is 2. The zero-order valence-electron chi connectivity index (χ0n) is 14.8. The second-order valence-electron chi connectivity index (χ2n) is 7.86. The molecule has 0 bridgehead atoms. The van der Waals surface area contributed by atoms with Crippen molar-refractivity contribution in [1.82, 2.24) is 20.4 Å². The van der Waals surface area contributed by atoms with E-state index < -0.39 is 0 Å². The largest absolute Gasteiger partial charge is 0.337 e. The first-order valence-corrected chi connectivity index (χ1v) is 9.22. The Morgan fingerprint density at radius 2 is 1.92 bits per heavy atom. The van der Waals surface area contributed by atoms with E-state index in [1.807, 2.05) is 11.0 Å². The fraction of sp³-hybridized carbons (Fsp3) is 0.500. The third kappa shape index (κ3) is 3.41. The second kappa shape index (κ2) is 6.54. The van der Waals surface area contributed by atoms with Crippen LogP contribution >= 0.6 is 0 Å². The number of aromatic amines is 1. The molecule has 4 rings (SSSR count). The summed E-state index contributed by atoms with van der Waals surface area (Å²) in [5.74, 6) is 0.494. The number of nitrogens with zero attached hydrogens (tertiary/aromatic N) is 2. The van der Waals surface area contributed by atoms with Gasteiger partial charge in [0.2, 0.25) is 0 Å². The molecular weight excluding hydrogens is 312 g/mol. The first-order chi connectivity index (χ1) is 12.1. The highest BCUT2D eigenvalue weighted by Gasteiger charge is 2.33. The maximum absolute atomic E-state index is 12.6. The molecule has 0 saturated carbocycles. The Hall–Kier alpha value is -2.30. The van der Waals surface area contributed by atoms with E-state index in [2.05, 4.69) is 46.7 Å². The highest BCUT2D eigenvalue weighted by Crippen LogP contribution is 2.36. The molecule has 1 saturated heterocycles. The number of benzene rings is 1. The lowest BCUT2D eigenvalue weighted by Gasteiger charge is -2.33. The number of urea groups is 1. The minimum atomic E-state index is 0.0836. The van der Waals surface area contributed by atoms with E-state index in [0.29, 0.717) is 5.92 Å². The Morgan fingerprint density at radius 1 is 1.24 bits per heavy atom. The summed E-state index contributed by atoms with van der Waals surface area (Å²) >= 11 is 0. The molecule has 1 aliphatic carbocycles. The van der Waals surface area contributed by atoms with Gasteiger partial charge in [-0.05, 0) is 48.3 Å². The lowest BCUT2D eigenvalue weighted by Crippen LogP contribution is -2.47. The summed E-state index contributed by atoms with van der Waals surface area (Å²) in [6, 6.07) is 10.8. The average molecular weight is 338 g/mol. The lowest BCUT2D eigenvalue weighted by molar-refractivity contribution is 0.175. The van der Waals surface area contributed by atoms with Crippen molar-refractivity contribution in [2.75, 3.05) is 19.6 Å². The number of hydrogen-bond donors (Lipinski definition) is 2. The summed E-state index contributed by atoms with van der Waals surface area (Å²) in [5.41, 5.74) is 4.18. The summed E-state index contributed by atoms with van der Waals surface area (Å²) < 4.78 is 0. The summed E-state index contributed by atoms with van der Waals surface area (Å²) in [6.07, 6.45) is 5.89. The van der Waals surface area contributed by atoms with Crippen molar-refractivity contribution in [2.45, 2.75) is 38.5 Å². The zero-order valence-corrected chi connectivity index (χ0v) is 14.8. The van der Waals surface area contributed by atoms with Crippen LogP contribution in [0.15, 0.2) is 36.5 Å². The van der Waals surface area contributed by atoms with Crippen LogP contribution in [-0.4, -0.2) is 40.8 Å². The molecule has 132 valence electrons. The molecule has 5 heteroatoms. The van der Waals surface area contributed by atoms with Crippen LogP contribution in [0, 0.1) is 5.41 Å². The minimum Gasteiger partial charge on any atom is -0.337 e. The number of H-pyrrole nitrogens is 1. The molecule has 0 radical (unpaired) electrons. The molecule has 2 aliphatic rings. The van der Waals surface area contributed by atoms with Gasteiger partial charge in [0.1, 0.15) is 0 Å².